The van der Waals surface area contributed by atoms with Gasteiger partial charge < -0.3 is 4.74 Å². The van der Waals surface area contributed by atoms with Gasteiger partial charge >= 0.3 is 0 Å². The lowest BCUT2D eigenvalue weighted by Gasteiger charge is -2.19. The summed E-state index contributed by atoms with van der Waals surface area (Å²) < 4.78 is 7.26. The number of methoxy groups -OCH3 is 1. The summed E-state index contributed by atoms with van der Waals surface area (Å²) in [7, 11) is 3.67. The summed E-state index contributed by atoms with van der Waals surface area (Å²) in [6.45, 7) is 3.33. The molecule has 1 heterocycles. The zero-order chi connectivity index (χ0) is 18.0. The Morgan fingerprint density at radius 2 is 2.08 bits per heavy atom. The van der Waals surface area contributed by atoms with Gasteiger partial charge in [0.15, 0.2) is 0 Å². The van der Waals surface area contributed by atoms with Crippen LogP contribution < -0.4 is 4.74 Å². The van der Waals surface area contributed by atoms with E-state index >= 15 is 0 Å². The van der Waals surface area contributed by atoms with Crippen molar-refractivity contribution in [1.29, 1.82) is 0 Å². The van der Waals surface area contributed by atoms with Gasteiger partial charge in [-0.25, -0.2) is 0 Å². The Bertz CT molecular complexity index is 920. The van der Waals surface area contributed by atoms with Crippen molar-refractivity contribution in [3.63, 3.8) is 0 Å². The average molecular weight is 340 g/mol. The summed E-state index contributed by atoms with van der Waals surface area (Å²) in [4.78, 5) is 12.6. The molecule has 1 aromatic heterocycles. The molecule has 0 bridgehead atoms. The molecule has 25 heavy (non-hydrogen) atoms. The Morgan fingerprint density at radius 1 is 1.28 bits per heavy atom. The maximum atomic E-state index is 10.9. The van der Waals surface area contributed by atoms with E-state index in [0.717, 1.165) is 22.2 Å². The Morgan fingerprint density at radius 3 is 2.80 bits per heavy atom. The second kappa shape index (κ2) is 6.90. The predicted octanol–water partition coefficient (Wildman–Crippen LogP) is 3.35. The Balaban J connectivity index is 1.79. The molecule has 2 aromatic carbocycles. The number of nitro benzene ring substituents is 1. The van der Waals surface area contributed by atoms with Gasteiger partial charge in [-0.2, -0.15) is 5.10 Å². The molecule has 7 nitrogen and oxygen atoms in total. The topological polar surface area (TPSA) is 73.4 Å². The third-order valence-corrected chi connectivity index (χ3v) is 4.09. The Labute approximate surface area is 145 Å². The minimum Gasteiger partial charge on any atom is -0.496 e. The van der Waals surface area contributed by atoms with Crippen LogP contribution in [0.5, 0.6) is 5.75 Å². The molecule has 0 aliphatic carbocycles. The summed E-state index contributed by atoms with van der Waals surface area (Å²) in [5, 5.41) is 16.0. The normalized spacial score (nSPS) is 11.2. The summed E-state index contributed by atoms with van der Waals surface area (Å²) in [6.07, 6.45) is 1.66. The number of hydrogen-bond acceptors (Lipinski definition) is 5. The van der Waals surface area contributed by atoms with Gasteiger partial charge in [-0.3, -0.25) is 19.7 Å². The van der Waals surface area contributed by atoms with Crippen molar-refractivity contribution in [2.24, 2.45) is 0 Å². The summed E-state index contributed by atoms with van der Waals surface area (Å²) >= 11 is 0. The number of ether oxygens (including phenoxy) is 1. The zero-order valence-corrected chi connectivity index (χ0v) is 14.5. The van der Waals surface area contributed by atoms with Gasteiger partial charge in [0.25, 0.3) is 5.69 Å². The van der Waals surface area contributed by atoms with Crippen LogP contribution in [-0.2, 0) is 13.2 Å². The molecule has 3 rings (SSSR count). The third-order valence-electron chi connectivity index (χ3n) is 4.09. The first kappa shape index (κ1) is 16.9. The van der Waals surface area contributed by atoms with Crippen molar-refractivity contribution in [2.75, 3.05) is 14.2 Å². The fourth-order valence-corrected chi connectivity index (χ4v) is 2.90. The van der Waals surface area contributed by atoms with Crippen molar-refractivity contribution in [3.8, 4) is 5.75 Å². The smallest absolute Gasteiger partial charge is 0.270 e. The Kier molecular flexibility index (Phi) is 4.67. The number of benzene rings is 2. The molecule has 130 valence electrons. The van der Waals surface area contributed by atoms with Crippen LogP contribution in [0.1, 0.15) is 11.1 Å². The lowest BCUT2D eigenvalue weighted by molar-refractivity contribution is -0.384. The Hall–Kier alpha value is -2.93. The number of non-ortho nitro benzene ring substituents is 1. The number of nitro groups is 1. The first-order valence-corrected chi connectivity index (χ1v) is 7.90. The molecule has 3 aromatic rings. The highest BCUT2D eigenvalue weighted by atomic mass is 16.6. The van der Waals surface area contributed by atoms with Crippen molar-refractivity contribution >= 4 is 16.6 Å². The number of aryl methyl sites for hydroxylation is 1. The van der Waals surface area contributed by atoms with E-state index in [1.54, 1.807) is 25.4 Å². The van der Waals surface area contributed by atoms with E-state index in [-0.39, 0.29) is 5.69 Å². The summed E-state index contributed by atoms with van der Waals surface area (Å²) in [5.74, 6) is 0.860. The van der Waals surface area contributed by atoms with Crippen LogP contribution in [0.4, 0.5) is 5.69 Å². The quantitative estimate of drug-likeness (QED) is 0.508. The first-order valence-electron chi connectivity index (χ1n) is 7.90. The van der Waals surface area contributed by atoms with Crippen molar-refractivity contribution in [2.45, 2.75) is 20.1 Å². The van der Waals surface area contributed by atoms with E-state index in [4.69, 9.17) is 4.74 Å². The van der Waals surface area contributed by atoms with Crippen LogP contribution in [0.3, 0.4) is 0 Å². The maximum absolute atomic E-state index is 10.9. The van der Waals surface area contributed by atoms with Crippen LogP contribution >= 0.6 is 0 Å². The molecule has 0 atom stereocenters. The highest BCUT2D eigenvalue weighted by Crippen LogP contribution is 2.23. The largest absolute Gasteiger partial charge is 0.496 e. The molecular weight excluding hydrogens is 320 g/mol. The average Bonchev–Trinajstić information content (AvgIpc) is 2.97. The number of rotatable bonds is 6. The molecular formula is C18H20N4O3. The molecule has 0 radical (unpaired) electrons. The van der Waals surface area contributed by atoms with Crippen molar-refractivity contribution in [1.82, 2.24) is 14.7 Å². The zero-order valence-electron chi connectivity index (χ0n) is 14.5. The van der Waals surface area contributed by atoms with Gasteiger partial charge in [-0.15, -0.1) is 0 Å². The van der Waals surface area contributed by atoms with Gasteiger partial charge in [0.05, 0.1) is 30.4 Å². The van der Waals surface area contributed by atoms with Crippen LogP contribution in [0.15, 0.2) is 42.6 Å². The lowest BCUT2D eigenvalue weighted by atomic mass is 10.1. The van der Waals surface area contributed by atoms with Gasteiger partial charge in [-0.1, -0.05) is 17.7 Å². The van der Waals surface area contributed by atoms with Crippen LogP contribution in [0.2, 0.25) is 0 Å². The van der Waals surface area contributed by atoms with Crippen LogP contribution in [0, 0.1) is 17.0 Å². The van der Waals surface area contributed by atoms with E-state index in [2.05, 4.69) is 23.0 Å². The number of fused-ring (bicyclic) bond motifs is 1. The highest BCUT2D eigenvalue weighted by molar-refractivity contribution is 5.81. The molecule has 0 fully saturated rings. The fourth-order valence-electron chi connectivity index (χ4n) is 2.90. The third kappa shape index (κ3) is 3.61. The van der Waals surface area contributed by atoms with E-state index in [1.807, 2.05) is 23.9 Å². The SMILES string of the molecule is COc1ccc(C)cc1CN(C)Cn1ncc2cc([N+](=O)[O-])ccc21. The molecule has 0 N–H and O–H groups in total. The van der Waals surface area contributed by atoms with Crippen LogP contribution in [0.25, 0.3) is 10.9 Å². The molecule has 0 saturated heterocycles. The molecule has 0 aliphatic heterocycles. The van der Waals surface area contributed by atoms with Gasteiger partial charge in [0.2, 0.25) is 0 Å². The molecule has 7 heteroatoms. The van der Waals surface area contributed by atoms with Crippen molar-refractivity contribution < 1.29 is 9.66 Å². The molecule has 0 unspecified atom stereocenters. The standard InChI is InChI=1S/C18H20N4O3/c1-13-4-7-18(25-3)15(8-13)11-20(2)12-21-17-6-5-16(22(23)24)9-14(17)10-19-21/h4-10H,11-12H2,1-3H3. The molecule has 0 aliphatic rings. The van der Waals surface area contributed by atoms with E-state index < -0.39 is 4.92 Å². The van der Waals surface area contributed by atoms with Crippen LogP contribution in [-0.4, -0.2) is 33.8 Å². The first-order chi connectivity index (χ1) is 12.0. The monoisotopic (exact) mass is 340 g/mol. The second-order valence-corrected chi connectivity index (χ2v) is 6.12. The summed E-state index contributed by atoms with van der Waals surface area (Å²) in [5.41, 5.74) is 3.23. The molecule has 0 saturated carbocycles. The van der Waals surface area contributed by atoms with E-state index in [0.29, 0.717) is 13.2 Å². The lowest BCUT2D eigenvalue weighted by Crippen LogP contribution is -2.22. The van der Waals surface area contributed by atoms with E-state index in [1.165, 1.54) is 11.6 Å². The number of nitrogens with zero attached hydrogens (tertiary/aromatic N) is 4. The number of hydrogen-bond donors (Lipinski definition) is 0. The highest BCUT2D eigenvalue weighted by Gasteiger charge is 2.12. The van der Waals surface area contributed by atoms with Crippen molar-refractivity contribution in [3.05, 3.63) is 63.8 Å². The number of aromatic nitrogens is 2. The van der Waals surface area contributed by atoms with Gasteiger partial charge in [-0.05, 0) is 26.1 Å². The molecule has 0 amide bonds. The predicted molar refractivity (Wildman–Crippen MR) is 95.6 cm³/mol. The van der Waals surface area contributed by atoms with Gasteiger partial charge in [0, 0.05) is 29.6 Å². The summed E-state index contributed by atoms with van der Waals surface area (Å²) in [6, 6.07) is 10.9. The minimum atomic E-state index is -0.396. The minimum absolute atomic E-state index is 0.0740. The second-order valence-electron chi connectivity index (χ2n) is 6.12. The fraction of sp³-hybridized carbons (Fsp3) is 0.278. The molecule has 0 spiro atoms. The van der Waals surface area contributed by atoms with Gasteiger partial charge in [0.1, 0.15) is 5.75 Å². The van der Waals surface area contributed by atoms with E-state index in [9.17, 15) is 10.1 Å². The maximum Gasteiger partial charge on any atom is 0.270 e.